The van der Waals surface area contributed by atoms with E-state index in [0.717, 1.165) is 0 Å². The molecule has 0 aliphatic rings. The molecule has 0 saturated heterocycles. The van der Waals surface area contributed by atoms with Gasteiger partial charge < -0.3 is 14.6 Å². The Morgan fingerprint density at radius 2 is 1.92 bits per heavy atom. The fourth-order valence-electron chi connectivity index (χ4n) is 0.590. The van der Waals surface area contributed by atoms with E-state index in [2.05, 4.69) is 0 Å². The minimum Gasteiger partial charge on any atom is -0.480 e. The van der Waals surface area contributed by atoms with Gasteiger partial charge in [-0.05, 0) is 20.8 Å². The molecule has 0 saturated carbocycles. The number of aliphatic carboxylic acids is 1. The Labute approximate surface area is 72.5 Å². The lowest BCUT2D eigenvalue weighted by Crippen LogP contribution is -2.21. The van der Waals surface area contributed by atoms with Gasteiger partial charge in [-0.1, -0.05) is 0 Å². The lowest BCUT2D eigenvalue weighted by atomic mass is 10.4. The van der Waals surface area contributed by atoms with Crippen LogP contribution in [-0.4, -0.2) is 36.5 Å². The van der Waals surface area contributed by atoms with Crippen LogP contribution in [-0.2, 0) is 14.3 Å². The maximum Gasteiger partial charge on any atom is 0.329 e. The molecule has 72 valence electrons. The van der Waals surface area contributed by atoms with Crippen molar-refractivity contribution < 1.29 is 19.4 Å². The van der Waals surface area contributed by atoms with E-state index in [-0.39, 0.29) is 18.8 Å². The molecule has 0 fully saturated rings. The van der Waals surface area contributed by atoms with E-state index in [1.54, 1.807) is 6.92 Å². The Morgan fingerprint density at radius 3 is 2.33 bits per heavy atom. The molecular weight excluding hydrogens is 160 g/mol. The van der Waals surface area contributed by atoms with Crippen molar-refractivity contribution in [1.82, 2.24) is 0 Å². The van der Waals surface area contributed by atoms with Crippen molar-refractivity contribution in [2.24, 2.45) is 0 Å². The van der Waals surface area contributed by atoms with Gasteiger partial charge in [0.15, 0.2) is 0 Å². The average molecular weight is 176 g/mol. The van der Waals surface area contributed by atoms with Crippen LogP contribution in [0.1, 0.15) is 20.8 Å². The predicted molar refractivity (Wildman–Crippen MR) is 44.1 cm³/mol. The number of carboxylic acid groups (broad SMARTS) is 1. The van der Waals surface area contributed by atoms with Crippen molar-refractivity contribution >= 4 is 5.97 Å². The van der Waals surface area contributed by atoms with E-state index in [0.29, 0.717) is 6.61 Å². The molecule has 0 aromatic rings. The van der Waals surface area contributed by atoms with E-state index in [1.165, 1.54) is 0 Å². The summed E-state index contributed by atoms with van der Waals surface area (Å²) < 4.78 is 10.1. The Hall–Kier alpha value is -0.610. The number of hydrogen-bond acceptors (Lipinski definition) is 3. The second-order valence-electron chi connectivity index (χ2n) is 2.90. The molecule has 0 spiro atoms. The van der Waals surface area contributed by atoms with Crippen LogP contribution in [0, 0.1) is 0 Å². The van der Waals surface area contributed by atoms with Crippen LogP contribution in [0.2, 0.25) is 0 Å². The van der Waals surface area contributed by atoms with Crippen LogP contribution in [0.25, 0.3) is 0 Å². The third kappa shape index (κ3) is 7.50. The minimum absolute atomic E-state index is 0.154. The molecule has 0 aromatic heterocycles. The number of carboxylic acids is 1. The Morgan fingerprint density at radius 1 is 1.33 bits per heavy atom. The molecule has 12 heavy (non-hydrogen) atoms. The molecule has 0 heterocycles. The van der Waals surface area contributed by atoms with Crippen LogP contribution in [0.15, 0.2) is 0 Å². The largest absolute Gasteiger partial charge is 0.480 e. The SMILES string of the molecule is CC(C)OCC(C)OCC(=O)O. The molecule has 0 rings (SSSR count). The van der Waals surface area contributed by atoms with Crippen molar-refractivity contribution in [3.63, 3.8) is 0 Å². The first kappa shape index (κ1) is 11.4. The fraction of sp³-hybridized carbons (Fsp3) is 0.875. The van der Waals surface area contributed by atoms with E-state index in [9.17, 15) is 4.79 Å². The predicted octanol–water partition coefficient (Wildman–Crippen LogP) is 0.901. The summed E-state index contributed by atoms with van der Waals surface area (Å²) in [5.41, 5.74) is 0. The summed E-state index contributed by atoms with van der Waals surface area (Å²) in [6.45, 7) is 5.80. The summed E-state index contributed by atoms with van der Waals surface area (Å²) in [5.74, 6) is -0.952. The zero-order valence-corrected chi connectivity index (χ0v) is 7.74. The second kappa shape index (κ2) is 5.97. The van der Waals surface area contributed by atoms with Crippen molar-refractivity contribution in [1.29, 1.82) is 0 Å². The molecule has 1 N–H and O–H groups in total. The number of carbonyl (C=O) groups is 1. The summed E-state index contributed by atoms with van der Waals surface area (Å²) in [5, 5.41) is 8.27. The topological polar surface area (TPSA) is 55.8 Å². The molecule has 0 amide bonds. The van der Waals surface area contributed by atoms with Gasteiger partial charge in [-0.25, -0.2) is 4.79 Å². The third-order valence-corrected chi connectivity index (χ3v) is 1.16. The Balaban J connectivity index is 3.33. The number of rotatable bonds is 6. The van der Waals surface area contributed by atoms with Gasteiger partial charge in [0, 0.05) is 0 Å². The summed E-state index contributed by atoms with van der Waals surface area (Å²) in [4.78, 5) is 10.1. The van der Waals surface area contributed by atoms with Crippen LogP contribution in [0.3, 0.4) is 0 Å². The van der Waals surface area contributed by atoms with Crippen molar-refractivity contribution in [3.8, 4) is 0 Å². The van der Waals surface area contributed by atoms with E-state index in [4.69, 9.17) is 14.6 Å². The molecule has 1 atom stereocenters. The first-order chi connectivity index (χ1) is 5.52. The lowest BCUT2D eigenvalue weighted by molar-refractivity contribution is -0.145. The maximum absolute atomic E-state index is 10.1. The van der Waals surface area contributed by atoms with Crippen molar-refractivity contribution in [2.45, 2.75) is 33.0 Å². The zero-order valence-electron chi connectivity index (χ0n) is 7.74. The van der Waals surface area contributed by atoms with Crippen LogP contribution >= 0.6 is 0 Å². The van der Waals surface area contributed by atoms with E-state index in [1.807, 2.05) is 13.8 Å². The molecular formula is C8H16O4. The standard InChI is InChI=1S/C8H16O4/c1-6(2)11-4-7(3)12-5-8(9)10/h6-7H,4-5H2,1-3H3,(H,9,10). The fourth-order valence-corrected chi connectivity index (χ4v) is 0.590. The maximum atomic E-state index is 10.1. The Bertz CT molecular complexity index is 133. The van der Waals surface area contributed by atoms with Gasteiger partial charge in [0.25, 0.3) is 0 Å². The van der Waals surface area contributed by atoms with E-state index >= 15 is 0 Å². The van der Waals surface area contributed by atoms with Gasteiger partial charge in [0.05, 0.1) is 18.8 Å². The smallest absolute Gasteiger partial charge is 0.329 e. The summed E-state index contributed by atoms with van der Waals surface area (Å²) in [6.07, 6.45) is -0.00984. The first-order valence-electron chi connectivity index (χ1n) is 3.97. The molecule has 4 heteroatoms. The molecule has 1 unspecified atom stereocenters. The second-order valence-corrected chi connectivity index (χ2v) is 2.90. The van der Waals surface area contributed by atoms with Crippen LogP contribution in [0.5, 0.6) is 0 Å². The summed E-state index contributed by atoms with van der Waals surface area (Å²) in [7, 11) is 0. The van der Waals surface area contributed by atoms with Gasteiger partial charge in [-0.3, -0.25) is 0 Å². The monoisotopic (exact) mass is 176 g/mol. The highest BCUT2D eigenvalue weighted by atomic mass is 16.5. The van der Waals surface area contributed by atoms with Gasteiger partial charge in [-0.15, -0.1) is 0 Å². The van der Waals surface area contributed by atoms with Crippen molar-refractivity contribution in [2.75, 3.05) is 13.2 Å². The molecule has 0 aliphatic carbocycles. The molecule has 0 bridgehead atoms. The zero-order chi connectivity index (χ0) is 9.56. The molecule has 0 aliphatic heterocycles. The highest BCUT2D eigenvalue weighted by Crippen LogP contribution is 1.95. The Kier molecular flexibility index (Phi) is 5.66. The minimum atomic E-state index is -0.952. The first-order valence-corrected chi connectivity index (χ1v) is 3.97. The van der Waals surface area contributed by atoms with Crippen molar-refractivity contribution in [3.05, 3.63) is 0 Å². The van der Waals surface area contributed by atoms with Gasteiger partial charge >= 0.3 is 5.97 Å². The highest BCUT2D eigenvalue weighted by Gasteiger charge is 2.05. The quantitative estimate of drug-likeness (QED) is 0.653. The lowest BCUT2D eigenvalue weighted by Gasteiger charge is -2.13. The van der Waals surface area contributed by atoms with Crippen LogP contribution < -0.4 is 0 Å². The highest BCUT2D eigenvalue weighted by molar-refractivity contribution is 5.68. The number of hydrogen-bond donors (Lipinski definition) is 1. The molecule has 0 aromatic carbocycles. The summed E-state index contributed by atoms with van der Waals surface area (Å²) >= 11 is 0. The third-order valence-electron chi connectivity index (χ3n) is 1.16. The van der Waals surface area contributed by atoms with Gasteiger partial charge in [-0.2, -0.15) is 0 Å². The van der Waals surface area contributed by atoms with Gasteiger partial charge in [0.1, 0.15) is 6.61 Å². The van der Waals surface area contributed by atoms with Crippen LogP contribution in [0.4, 0.5) is 0 Å². The summed E-state index contributed by atoms with van der Waals surface area (Å²) in [6, 6.07) is 0. The van der Waals surface area contributed by atoms with E-state index < -0.39 is 5.97 Å². The number of ether oxygens (including phenoxy) is 2. The average Bonchev–Trinajstić information content (AvgIpc) is 1.96. The molecule has 4 nitrogen and oxygen atoms in total. The van der Waals surface area contributed by atoms with Gasteiger partial charge in [0.2, 0.25) is 0 Å². The normalized spacial score (nSPS) is 13.3. The molecule has 0 radical (unpaired) electrons.